The molecule has 2 aromatic heterocycles. The number of carbonyl (C=O) groups is 1. The van der Waals surface area contributed by atoms with E-state index < -0.39 is 12.4 Å². The minimum absolute atomic E-state index is 0.131. The summed E-state index contributed by atoms with van der Waals surface area (Å²) in [5, 5.41) is 5.17. The Bertz CT molecular complexity index is 962. The summed E-state index contributed by atoms with van der Waals surface area (Å²) in [4.78, 5) is 18.8. The number of benzene rings is 1. The van der Waals surface area contributed by atoms with Crippen LogP contribution in [-0.4, -0.2) is 45.3 Å². The number of likely N-dealkylation sites (tertiary alicyclic amines) is 1. The molecule has 1 aliphatic heterocycles. The molecule has 154 valence electrons. The average molecular weight is 420 g/mol. The molecule has 0 spiro atoms. The van der Waals surface area contributed by atoms with Crippen molar-refractivity contribution in [2.24, 2.45) is 0 Å². The van der Waals surface area contributed by atoms with Gasteiger partial charge in [0, 0.05) is 19.0 Å². The summed E-state index contributed by atoms with van der Waals surface area (Å²) in [6.45, 7) is 3.52. The highest BCUT2D eigenvalue weighted by Gasteiger charge is 2.28. The molecule has 0 N–H and O–H groups in total. The van der Waals surface area contributed by atoms with E-state index in [1.807, 2.05) is 18.2 Å². The second-order valence-electron chi connectivity index (χ2n) is 7.02. The number of alkyl halides is 2. The van der Waals surface area contributed by atoms with E-state index in [1.165, 1.54) is 15.6 Å². The van der Waals surface area contributed by atoms with E-state index in [-0.39, 0.29) is 24.5 Å². The molecule has 0 saturated carbocycles. The highest BCUT2D eigenvalue weighted by molar-refractivity contribution is 7.18. The summed E-state index contributed by atoms with van der Waals surface area (Å²) < 4.78 is 34.4. The molecule has 9 heteroatoms. The van der Waals surface area contributed by atoms with E-state index in [4.69, 9.17) is 9.72 Å². The van der Waals surface area contributed by atoms with Gasteiger partial charge in [0.1, 0.15) is 11.3 Å². The molecule has 1 fully saturated rings. The van der Waals surface area contributed by atoms with Crippen LogP contribution in [0.15, 0.2) is 30.5 Å². The first-order chi connectivity index (χ1) is 14.1. The van der Waals surface area contributed by atoms with Crippen molar-refractivity contribution in [3.8, 4) is 0 Å². The van der Waals surface area contributed by atoms with E-state index in [2.05, 4.69) is 16.1 Å². The molecular formula is C20H22F2N4O2S. The zero-order valence-corrected chi connectivity index (χ0v) is 16.9. The van der Waals surface area contributed by atoms with Crippen LogP contribution in [0.1, 0.15) is 53.2 Å². The summed E-state index contributed by atoms with van der Waals surface area (Å²) in [5.74, 6) is -0.380. The first-order valence-corrected chi connectivity index (χ1v) is 10.5. The van der Waals surface area contributed by atoms with Gasteiger partial charge in [-0.05, 0) is 31.9 Å². The number of para-hydroxylation sites is 1. The molecule has 1 saturated heterocycles. The maximum absolute atomic E-state index is 13.6. The van der Waals surface area contributed by atoms with E-state index >= 15 is 0 Å². The Kier molecular flexibility index (Phi) is 5.86. The number of thiazole rings is 1. The Morgan fingerprint density at radius 2 is 2.07 bits per heavy atom. The van der Waals surface area contributed by atoms with Crippen LogP contribution in [0.2, 0.25) is 0 Å². The van der Waals surface area contributed by atoms with Crippen LogP contribution < -0.4 is 0 Å². The molecule has 6 nitrogen and oxygen atoms in total. The topological polar surface area (TPSA) is 60.2 Å². The average Bonchev–Trinajstić information content (AvgIpc) is 3.33. The van der Waals surface area contributed by atoms with Crippen LogP contribution in [0.3, 0.4) is 0 Å². The van der Waals surface area contributed by atoms with Crippen molar-refractivity contribution in [3.63, 3.8) is 0 Å². The summed E-state index contributed by atoms with van der Waals surface area (Å²) in [6.07, 6.45) is 0.205. The minimum atomic E-state index is -2.79. The van der Waals surface area contributed by atoms with Gasteiger partial charge in [0.05, 0.1) is 34.7 Å². The fourth-order valence-corrected chi connectivity index (χ4v) is 4.82. The fourth-order valence-electron chi connectivity index (χ4n) is 3.68. The third-order valence-corrected chi connectivity index (χ3v) is 6.36. The molecule has 3 aromatic rings. The van der Waals surface area contributed by atoms with Gasteiger partial charge < -0.3 is 4.74 Å². The molecule has 0 radical (unpaired) electrons. The smallest absolute Gasteiger partial charge is 0.341 e. The molecular weight excluding hydrogens is 398 g/mol. The van der Waals surface area contributed by atoms with Crippen LogP contribution in [0.4, 0.5) is 8.78 Å². The standard InChI is InChI=1S/C20H22F2N4O2S/c1-2-28-20(27)14-11-23-26(17(14)18(21)22)12-25-9-7-13(8-10-25)19-24-15-5-3-4-6-16(15)29-19/h3-6,11,13,18H,2,7-10,12H2,1H3. The quantitative estimate of drug-likeness (QED) is 0.552. The second kappa shape index (κ2) is 8.54. The third-order valence-electron chi connectivity index (χ3n) is 5.16. The van der Waals surface area contributed by atoms with Crippen molar-refractivity contribution in [2.75, 3.05) is 19.7 Å². The van der Waals surface area contributed by atoms with Gasteiger partial charge in [0.2, 0.25) is 0 Å². The molecule has 3 heterocycles. The lowest BCUT2D eigenvalue weighted by atomic mass is 9.98. The van der Waals surface area contributed by atoms with Crippen molar-refractivity contribution in [1.82, 2.24) is 19.7 Å². The monoisotopic (exact) mass is 420 g/mol. The molecule has 1 aliphatic rings. The van der Waals surface area contributed by atoms with Crippen molar-refractivity contribution in [3.05, 3.63) is 46.7 Å². The maximum Gasteiger partial charge on any atom is 0.341 e. The molecule has 1 aromatic carbocycles. The molecule has 29 heavy (non-hydrogen) atoms. The van der Waals surface area contributed by atoms with Gasteiger partial charge in [-0.15, -0.1) is 11.3 Å². The molecule has 4 rings (SSSR count). The first-order valence-electron chi connectivity index (χ1n) is 9.65. The van der Waals surface area contributed by atoms with Gasteiger partial charge in [-0.3, -0.25) is 4.90 Å². The van der Waals surface area contributed by atoms with Crippen molar-refractivity contribution < 1.29 is 18.3 Å². The molecule has 0 bridgehead atoms. The van der Waals surface area contributed by atoms with Gasteiger partial charge in [0.15, 0.2) is 0 Å². The van der Waals surface area contributed by atoms with Gasteiger partial charge in [0.25, 0.3) is 6.43 Å². The van der Waals surface area contributed by atoms with E-state index in [1.54, 1.807) is 18.3 Å². The fraction of sp³-hybridized carbons (Fsp3) is 0.450. The maximum atomic E-state index is 13.6. The largest absolute Gasteiger partial charge is 0.462 e. The second-order valence-corrected chi connectivity index (χ2v) is 8.08. The number of piperidine rings is 1. The van der Waals surface area contributed by atoms with Gasteiger partial charge in [-0.25, -0.2) is 23.2 Å². The van der Waals surface area contributed by atoms with Crippen LogP contribution in [0.25, 0.3) is 10.2 Å². The van der Waals surface area contributed by atoms with Crippen molar-refractivity contribution in [2.45, 2.75) is 38.8 Å². The Labute approximate surface area is 171 Å². The number of carbonyl (C=O) groups excluding carboxylic acids is 1. The minimum Gasteiger partial charge on any atom is -0.462 e. The Morgan fingerprint density at radius 3 is 2.76 bits per heavy atom. The number of rotatable bonds is 6. The first kappa shape index (κ1) is 19.9. The van der Waals surface area contributed by atoms with E-state index in [0.717, 1.165) is 36.5 Å². The Hall–Kier alpha value is -2.39. The van der Waals surface area contributed by atoms with Crippen LogP contribution in [0, 0.1) is 0 Å². The number of halogens is 2. The zero-order chi connectivity index (χ0) is 20.4. The SMILES string of the molecule is CCOC(=O)c1cnn(CN2CCC(c3nc4ccccc4s3)CC2)c1C(F)F. The lowest BCUT2D eigenvalue weighted by Crippen LogP contribution is -2.35. The number of aromatic nitrogens is 3. The van der Waals surface area contributed by atoms with Crippen molar-refractivity contribution >= 4 is 27.5 Å². The number of esters is 1. The Morgan fingerprint density at radius 1 is 1.31 bits per heavy atom. The van der Waals surface area contributed by atoms with E-state index in [9.17, 15) is 13.6 Å². The van der Waals surface area contributed by atoms with Crippen LogP contribution in [0.5, 0.6) is 0 Å². The lowest BCUT2D eigenvalue weighted by molar-refractivity contribution is 0.0511. The number of hydrogen-bond acceptors (Lipinski definition) is 6. The molecule has 0 amide bonds. The molecule has 0 aliphatic carbocycles. The number of fused-ring (bicyclic) bond motifs is 1. The number of ether oxygens (including phenoxy) is 1. The predicted octanol–water partition coefficient (Wildman–Crippen LogP) is 4.44. The summed E-state index contributed by atoms with van der Waals surface area (Å²) in [6, 6.07) is 8.11. The van der Waals surface area contributed by atoms with Gasteiger partial charge in [-0.2, -0.15) is 5.10 Å². The summed E-state index contributed by atoms with van der Waals surface area (Å²) in [5.41, 5.74) is 0.488. The number of nitrogens with zero attached hydrogens (tertiary/aromatic N) is 4. The van der Waals surface area contributed by atoms with Crippen LogP contribution in [-0.2, 0) is 11.4 Å². The summed E-state index contributed by atoms with van der Waals surface area (Å²) >= 11 is 1.73. The van der Waals surface area contributed by atoms with Gasteiger partial charge >= 0.3 is 5.97 Å². The highest BCUT2D eigenvalue weighted by atomic mass is 32.1. The molecule has 0 atom stereocenters. The third kappa shape index (κ3) is 4.16. The zero-order valence-electron chi connectivity index (χ0n) is 16.1. The highest BCUT2D eigenvalue weighted by Crippen LogP contribution is 2.34. The predicted molar refractivity (Wildman–Crippen MR) is 106 cm³/mol. The molecule has 0 unspecified atom stereocenters. The van der Waals surface area contributed by atoms with E-state index in [0.29, 0.717) is 5.92 Å². The number of hydrogen-bond donors (Lipinski definition) is 0. The van der Waals surface area contributed by atoms with Crippen molar-refractivity contribution in [1.29, 1.82) is 0 Å². The summed E-state index contributed by atoms with van der Waals surface area (Å²) in [7, 11) is 0. The normalized spacial score (nSPS) is 16.0. The Balaban J connectivity index is 1.42. The van der Waals surface area contributed by atoms with Gasteiger partial charge in [-0.1, -0.05) is 12.1 Å². The van der Waals surface area contributed by atoms with Crippen LogP contribution >= 0.6 is 11.3 Å². The lowest BCUT2D eigenvalue weighted by Gasteiger charge is -2.31.